The van der Waals surface area contributed by atoms with Gasteiger partial charge in [-0.3, -0.25) is 9.59 Å². The van der Waals surface area contributed by atoms with Gasteiger partial charge in [-0.25, -0.2) is 0 Å². The lowest BCUT2D eigenvalue weighted by molar-refractivity contribution is -0.137. The quantitative estimate of drug-likeness (QED) is 0.223. The molecular weight excluding hydrogens is 136 g/mol. The Morgan fingerprint density at radius 1 is 1.30 bits per heavy atom. The van der Waals surface area contributed by atoms with Crippen LogP contribution >= 0.6 is 0 Å². The summed E-state index contributed by atoms with van der Waals surface area (Å²) in [5, 5.41) is 6.42. The normalized spacial score (nSPS) is 17.8. The van der Waals surface area contributed by atoms with Crippen LogP contribution in [0.1, 0.15) is 0 Å². The predicted octanol–water partition coefficient (Wildman–Crippen LogP) is -0.848. The van der Waals surface area contributed by atoms with Crippen LogP contribution in [0.3, 0.4) is 0 Å². The van der Waals surface area contributed by atoms with E-state index >= 15 is 0 Å². The lowest BCUT2D eigenvalue weighted by Gasteiger charge is -2.00. The van der Waals surface area contributed by atoms with Gasteiger partial charge in [0.1, 0.15) is 0 Å². The summed E-state index contributed by atoms with van der Waals surface area (Å²) in [5.74, 6) is 3.56. The molecule has 0 saturated carbocycles. The Morgan fingerprint density at radius 2 is 1.80 bits per heavy atom. The molecule has 0 aromatic carbocycles. The van der Waals surface area contributed by atoms with Crippen molar-refractivity contribution in [2.75, 3.05) is 0 Å². The smallest absolute Gasteiger partial charge is 0.275 e. The van der Waals surface area contributed by atoms with E-state index in [2.05, 4.69) is 16.3 Å². The van der Waals surface area contributed by atoms with Crippen LogP contribution in [-0.2, 0) is 9.59 Å². The molecule has 0 aliphatic carbocycles. The molecule has 0 atom stereocenters. The molecule has 0 aromatic heterocycles. The van der Waals surface area contributed by atoms with Crippen LogP contribution in [0.2, 0.25) is 0 Å². The molecule has 0 bridgehead atoms. The summed E-state index contributed by atoms with van der Waals surface area (Å²) in [6.45, 7) is 0. The van der Waals surface area contributed by atoms with Crippen LogP contribution in [0.25, 0.3) is 0 Å². The van der Waals surface area contributed by atoms with Crippen LogP contribution in [0.15, 0.2) is 22.6 Å². The number of carbonyl (C=O) groups is 2. The molecule has 0 unspecified atom stereocenters. The maximum absolute atomic E-state index is 10.6. The monoisotopic (exact) mass is 140 g/mol. The van der Waals surface area contributed by atoms with Crippen molar-refractivity contribution in [2.45, 2.75) is 0 Å². The molecule has 2 amide bonds. The number of rotatable bonds is 1. The molecule has 6 nitrogen and oxygen atoms in total. The number of hydrogen-bond donors (Lipinski definition) is 1. The molecule has 6 heteroatoms. The molecule has 0 fully saturated rings. The predicted molar refractivity (Wildman–Crippen MR) is 30.0 cm³/mol. The highest BCUT2D eigenvalue weighted by molar-refractivity contribution is 6.12. The highest BCUT2D eigenvalue weighted by atomic mass is 16.2. The zero-order valence-corrected chi connectivity index (χ0v) is 4.89. The second-order valence-corrected chi connectivity index (χ2v) is 1.53. The number of hydrogen-bond acceptors (Lipinski definition) is 4. The topological polar surface area (TPSA) is 88.1 Å². The maximum Gasteiger partial charge on any atom is 0.275 e. The first-order valence-corrected chi connectivity index (χ1v) is 2.42. The Morgan fingerprint density at radius 3 is 2.20 bits per heavy atom. The van der Waals surface area contributed by atoms with Crippen LogP contribution in [0.4, 0.5) is 0 Å². The van der Waals surface area contributed by atoms with Gasteiger partial charge >= 0.3 is 0 Å². The molecule has 1 aliphatic heterocycles. The van der Waals surface area contributed by atoms with E-state index in [9.17, 15) is 9.59 Å². The molecule has 2 N–H and O–H groups in total. The third kappa shape index (κ3) is 0.859. The van der Waals surface area contributed by atoms with Gasteiger partial charge in [0.25, 0.3) is 11.8 Å². The zero-order chi connectivity index (χ0) is 7.56. The number of amides is 2. The summed E-state index contributed by atoms with van der Waals surface area (Å²) in [6.07, 6.45) is 2.19. The third-order valence-electron chi connectivity index (χ3n) is 0.927. The molecule has 0 spiro atoms. The number of nitrogens with zero attached hydrogens (tertiary/aromatic N) is 3. The largest absolute Gasteiger partial charge is 0.303 e. The van der Waals surface area contributed by atoms with Crippen LogP contribution in [-0.4, -0.2) is 16.8 Å². The van der Waals surface area contributed by atoms with Gasteiger partial charge in [0, 0.05) is 12.2 Å². The Kier molecular flexibility index (Phi) is 1.44. The fourth-order valence-corrected chi connectivity index (χ4v) is 0.532. The minimum absolute atomic E-state index is 0.529. The Balaban J connectivity index is 2.79. The van der Waals surface area contributed by atoms with E-state index in [1.165, 1.54) is 0 Å². The first kappa shape index (κ1) is 6.40. The van der Waals surface area contributed by atoms with Gasteiger partial charge in [-0.1, -0.05) is 5.22 Å². The summed E-state index contributed by atoms with van der Waals surface area (Å²) < 4.78 is 0. The Bertz CT molecular complexity index is 213. The van der Waals surface area contributed by atoms with Crippen LogP contribution in [0.5, 0.6) is 0 Å². The fourth-order valence-electron chi connectivity index (χ4n) is 0.532. The third-order valence-corrected chi connectivity index (χ3v) is 0.927. The summed E-state index contributed by atoms with van der Waals surface area (Å²) in [6, 6.07) is 0. The minimum atomic E-state index is -0.529. The SMILES string of the molecule is NN=NN1C(=O)C=CC1=O. The van der Waals surface area contributed by atoms with E-state index in [4.69, 9.17) is 0 Å². The van der Waals surface area contributed by atoms with Crippen molar-refractivity contribution in [2.24, 2.45) is 16.3 Å². The first-order chi connectivity index (χ1) is 4.75. The van der Waals surface area contributed by atoms with Gasteiger partial charge in [-0.05, 0) is 5.22 Å². The van der Waals surface area contributed by atoms with E-state index in [0.29, 0.717) is 5.01 Å². The van der Waals surface area contributed by atoms with Gasteiger partial charge in [0.05, 0.1) is 0 Å². The lowest BCUT2D eigenvalue weighted by Crippen LogP contribution is -2.23. The molecule has 52 valence electrons. The van der Waals surface area contributed by atoms with Gasteiger partial charge in [-0.15, -0.1) is 5.01 Å². The standard InChI is InChI=1S/C4H4N4O2/c5-6-7-8-3(9)1-2-4(8)10/h1-2H,(H2,5,7). The summed E-state index contributed by atoms with van der Waals surface area (Å²) in [7, 11) is 0. The van der Waals surface area contributed by atoms with Crippen molar-refractivity contribution >= 4 is 11.8 Å². The Hall–Kier alpha value is -1.72. The second kappa shape index (κ2) is 2.26. The molecule has 10 heavy (non-hydrogen) atoms. The van der Waals surface area contributed by atoms with E-state index < -0.39 is 11.8 Å². The van der Waals surface area contributed by atoms with Gasteiger partial charge in [0.2, 0.25) is 0 Å². The van der Waals surface area contributed by atoms with Crippen molar-refractivity contribution in [3.63, 3.8) is 0 Å². The number of imide groups is 1. The summed E-state index contributed by atoms with van der Waals surface area (Å²) in [5.41, 5.74) is 0. The molecular formula is C4H4N4O2. The van der Waals surface area contributed by atoms with Crippen LogP contribution < -0.4 is 5.84 Å². The van der Waals surface area contributed by atoms with Crippen molar-refractivity contribution < 1.29 is 9.59 Å². The van der Waals surface area contributed by atoms with Gasteiger partial charge in [0.15, 0.2) is 0 Å². The average Bonchev–Trinajstić information content (AvgIpc) is 2.20. The molecule has 1 heterocycles. The highest BCUT2D eigenvalue weighted by Gasteiger charge is 2.22. The molecule has 1 rings (SSSR count). The first-order valence-electron chi connectivity index (χ1n) is 2.42. The Labute approximate surface area is 55.9 Å². The van der Waals surface area contributed by atoms with Crippen molar-refractivity contribution in [3.05, 3.63) is 12.2 Å². The van der Waals surface area contributed by atoms with E-state index in [0.717, 1.165) is 12.2 Å². The molecule has 0 aromatic rings. The highest BCUT2D eigenvalue weighted by Crippen LogP contribution is 2.02. The van der Waals surface area contributed by atoms with Gasteiger partial charge in [-0.2, -0.15) is 0 Å². The lowest BCUT2D eigenvalue weighted by atomic mass is 10.6. The summed E-state index contributed by atoms with van der Waals surface area (Å²) in [4.78, 5) is 21.2. The zero-order valence-electron chi connectivity index (χ0n) is 4.89. The van der Waals surface area contributed by atoms with Crippen molar-refractivity contribution in [1.29, 1.82) is 0 Å². The molecule has 0 radical (unpaired) electrons. The van der Waals surface area contributed by atoms with Crippen molar-refractivity contribution in [1.82, 2.24) is 5.01 Å². The number of carbonyl (C=O) groups excluding carboxylic acids is 2. The maximum atomic E-state index is 10.6. The fraction of sp³-hybridized carbons (Fsp3) is 0. The van der Waals surface area contributed by atoms with E-state index in [-0.39, 0.29) is 0 Å². The van der Waals surface area contributed by atoms with E-state index in [1.54, 1.807) is 0 Å². The number of nitrogens with two attached hydrogens (primary N) is 1. The van der Waals surface area contributed by atoms with E-state index in [1.807, 2.05) is 0 Å². The van der Waals surface area contributed by atoms with Gasteiger partial charge < -0.3 is 5.84 Å². The van der Waals surface area contributed by atoms with Crippen molar-refractivity contribution in [3.8, 4) is 0 Å². The average molecular weight is 140 g/mol. The second-order valence-electron chi connectivity index (χ2n) is 1.53. The molecule has 0 saturated heterocycles. The molecule has 1 aliphatic rings. The summed E-state index contributed by atoms with van der Waals surface area (Å²) >= 11 is 0. The minimum Gasteiger partial charge on any atom is -0.303 e. The van der Waals surface area contributed by atoms with Crippen LogP contribution in [0, 0.1) is 0 Å².